The lowest BCUT2D eigenvalue weighted by molar-refractivity contribution is -0.115. The van der Waals surface area contributed by atoms with E-state index in [9.17, 15) is 9.59 Å². The second-order valence-corrected chi connectivity index (χ2v) is 9.46. The zero-order chi connectivity index (χ0) is 23.7. The first-order valence-corrected chi connectivity index (χ1v) is 12.2. The van der Waals surface area contributed by atoms with E-state index in [4.69, 9.17) is 9.47 Å². The quantitative estimate of drug-likeness (QED) is 0.581. The van der Waals surface area contributed by atoms with E-state index in [0.717, 1.165) is 27.3 Å². The molecular weight excluding hydrogens is 448 g/mol. The number of thioether (sulfide) groups is 1. The second kappa shape index (κ2) is 9.43. The fourth-order valence-electron chi connectivity index (χ4n) is 4.68. The maximum Gasteiger partial charge on any atom is 0.254 e. The van der Waals surface area contributed by atoms with Crippen LogP contribution in [0.2, 0.25) is 0 Å². The first-order valence-electron chi connectivity index (χ1n) is 11.3. The van der Waals surface area contributed by atoms with Gasteiger partial charge in [0, 0.05) is 29.2 Å². The summed E-state index contributed by atoms with van der Waals surface area (Å²) in [5.41, 5.74) is 4.47. The van der Waals surface area contributed by atoms with Gasteiger partial charge in [0.1, 0.15) is 0 Å². The van der Waals surface area contributed by atoms with Crippen molar-refractivity contribution >= 4 is 29.3 Å². The Kier molecular flexibility index (Phi) is 6.20. The number of amides is 2. The molecule has 1 atom stereocenters. The summed E-state index contributed by atoms with van der Waals surface area (Å²) in [5.74, 6) is 1.97. The summed E-state index contributed by atoms with van der Waals surface area (Å²) in [4.78, 5) is 28.9. The van der Waals surface area contributed by atoms with E-state index in [1.165, 1.54) is 0 Å². The first kappa shape index (κ1) is 22.3. The fourth-order valence-corrected chi connectivity index (χ4v) is 5.62. The lowest BCUT2D eigenvalue weighted by atomic mass is 9.87. The van der Waals surface area contributed by atoms with Gasteiger partial charge in [-0.15, -0.1) is 11.8 Å². The van der Waals surface area contributed by atoms with Crippen LogP contribution in [0.25, 0.3) is 0 Å². The molecule has 0 unspecified atom stereocenters. The highest BCUT2D eigenvalue weighted by Gasteiger charge is 2.34. The molecule has 6 nitrogen and oxygen atoms in total. The maximum atomic E-state index is 13.9. The molecule has 34 heavy (non-hydrogen) atoms. The van der Waals surface area contributed by atoms with Gasteiger partial charge in [0.2, 0.25) is 5.91 Å². The molecule has 0 fully saturated rings. The molecule has 0 saturated heterocycles. The van der Waals surface area contributed by atoms with Crippen LogP contribution >= 0.6 is 11.8 Å². The monoisotopic (exact) mass is 474 g/mol. The Morgan fingerprint density at radius 1 is 1.00 bits per heavy atom. The van der Waals surface area contributed by atoms with E-state index in [-0.39, 0.29) is 17.9 Å². The predicted molar refractivity (Wildman–Crippen MR) is 133 cm³/mol. The Hall–Kier alpha value is -3.45. The molecule has 0 bridgehead atoms. The van der Waals surface area contributed by atoms with Crippen LogP contribution in [0.15, 0.2) is 65.6 Å². The van der Waals surface area contributed by atoms with Crippen LogP contribution in [0, 0.1) is 0 Å². The van der Waals surface area contributed by atoms with Gasteiger partial charge in [-0.3, -0.25) is 9.59 Å². The van der Waals surface area contributed by atoms with Crippen LogP contribution in [0.4, 0.5) is 5.69 Å². The molecule has 0 aromatic heterocycles. The number of hydrogen-bond donors (Lipinski definition) is 1. The van der Waals surface area contributed by atoms with Crippen molar-refractivity contribution in [1.82, 2.24) is 4.90 Å². The molecule has 7 heteroatoms. The zero-order valence-corrected chi connectivity index (χ0v) is 20.0. The number of nitrogens with zero attached hydrogens (tertiary/aromatic N) is 1. The number of methoxy groups -OCH3 is 2. The van der Waals surface area contributed by atoms with Crippen LogP contribution in [0.3, 0.4) is 0 Å². The minimum atomic E-state index is -0.264. The van der Waals surface area contributed by atoms with Crippen molar-refractivity contribution in [1.29, 1.82) is 0 Å². The number of carbonyl (C=O) groups excluding carboxylic acids is 2. The van der Waals surface area contributed by atoms with Gasteiger partial charge in [-0.2, -0.15) is 0 Å². The second-order valence-electron chi connectivity index (χ2n) is 8.33. The Balaban J connectivity index is 1.57. The van der Waals surface area contributed by atoms with Gasteiger partial charge in [-0.05, 0) is 53.4 Å². The Morgan fingerprint density at radius 3 is 2.53 bits per heavy atom. The average molecular weight is 475 g/mol. The maximum absolute atomic E-state index is 13.9. The SMILES string of the molecule is COc1cc2c(cc1OC)[C@@H](c1ccccc1)N(C(=O)c1ccc3c(c1)NC(=O)CCS3)CC2. The average Bonchev–Trinajstić information content (AvgIpc) is 3.06. The van der Waals surface area contributed by atoms with Gasteiger partial charge >= 0.3 is 0 Å². The van der Waals surface area contributed by atoms with Crippen LogP contribution in [0.1, 0.15) is 39.5 Å². The normalized spacial score (nSPS) is 17.2. The van der Waals surface area contributed by atoms with Crippen molar-refractivity contribution < 1.29 is 19.1 Å². The summed E-state index contributed by atoms with van der Waals surface area (Å²) < 4.78 is 11.1. The third kappa shape index (κ3) is 4.12. The molecule has 2 amide bonds. The molecule has 3 aromatic carbocycles. The third-order valence-corrected chi connectivity index (χ3v) is 7.41. The minimum absolute atomic E-state index is 0.0223. The molecule has 0 spiro atoms. The van der Waals surface area contributed by atoms with Crippen molar-refractivity contribution in [2.45, 2.75) is 23.8 Å². The highest BCUT2D eigenvalue weighted by Crippen LogP contribution is 2.42. The number of rotatable bonds is 4. The highest BCUT2D eigenvalue weighted by molar-refractivity contribution is 7.99. The van der Waals surface area contributed by atoms with Gasteiger partial charge in [0.25, 0.3) is 5.91 Å². The van der Waals surface area contributed by atoms with E-state index < -0.39 is 0 Å². The molecule has 2 aliphatic rings. The molecule has 3 aromatic rings. The van der Waals surface area contributed by atoms with Crippen LogP contribution in [0.5, 0.6) is 11.5 Å². The molecular formula is C27H26N2O4S. The van der Waals surface area contributed by atoms with Gasteiger partial charge in [0.05, 0.1) is 25.9 Å². The summed E-state index contributed by atoms with van der Waals surface area (Å²) >= 11 is 1.63. The fraction of sp³-hybridized carbons (Fsp3) is 0.259. The predicted octanol–water partition coefficient (Wildman–Crippen LogP) is 4.93. The van der Waals surface area contributed by atoms with Crippen molar-refractivity contribution in [3.8, 4) is 11.5 Å². The standard InChI is InChI=1S/C27H26N2O4S/c1-32-22-15-18-10-12-29(26(17-6-4-3-5-7-17)20(18)16-23(22)33-2)27(31)19-8-9-24-21(14-19)28-25(30)11-13-34-24/h3-9,14-16,26H,10-13H2,1-2H3,(H,28,30)/t26-/m1/s1. The molecule has 0 saturated carbocycles. The van der Waals surface area contributed by atoms with Gasteiger partial charge in [-0.1, -0.05) is 30.3 Å². The highest BCUT2D eigenvalue weighted by atomic mass is 32.2. The van der Waals surface area contributed by atoms with Crippen LogP contribution in [-0.2, 0) is 11.2 Å². The summed E-state index contributed by atoms with van der Waals surface area (Å²) in [6.45, 7) is 0.569. The number of hydrogen-bond acceptors (Lipinski definition) is 5. The smallest absolute Gasteiger partial charge is 0.254 e. The largest absolute Gasteiger partial charge is 0.493 e. The summed E-state index contributed by atoms with van der Waals surface area (Å²) in [6.07, 6.45) is 1.18. The molecule has 0 radical (unpaired) electrons. The Morgan fingerprint density at radius 2 is 1.76 bits per heavy atom. The van der Waals surface area contributed by atoms with E-state index >= 15 is 0 Å². The summed E-state index contributed by atoms with van der Waals surface area (Å²) in [6, 6.07) is 19.4. The van der Waals surface area contributed by atoms with Crippen molar-refractivity contribution in [2.24, 2.45) is 0 Å². The molecule has 2 heterocycles. The molecule has 1 N–H and O–H groups in total. The van der Waals surface area contributed by atoms with E-state index in [0.29, 0.717) is 42.1 Å². The number of carbonyl (C=O) groups is 2. The molecule has 2 aliphatic heterocycles. The lowest BCUT2D eigenvalue weighted by Gasteiger charge is -2.38. The number of benzene rings is 3. The number of ether oxygens (including phenoxy) is 2. The first-order chi connectivity index (χ1) is 16.6. The lowest BCUT2D eigenvalue weighted by Crippen LogP contribution is -2.40. The number of fused-ring (bicyclic) bond motifs is 2. The van der Waals surface area contributed by atoms with Gasteiger partial charge in [0.15, 0.2) is 11.5 Å². The van der Waals surface area contributed by atoms with Gasteiger partial charge < -0.3 is 19.7 Å². The molecule has 0 aliphatic carbocycles. The zero-order valence-electron chi connectivity index (χ0n) is 19.2. The summed E-state index contributed by atoms with van der Waals surface area (Å²) in [7, 11) is 3.25. The van der Waals surface area contributed by atoms with Crippen molar-refractivity contribution in [3.63, 3.8) is 0 Å². The van der Waals surface area contributed by atoms with E-state index in [1.807, 2.05) is 59.5 Å². The number of nitrogens with one attached hydrogen (secondary N) is 1. The van der Waals surface area contributed by atoms with Gasteiger partial charge in [-0.25, -0.2) is 0 Å². The number of anilines is 1. The molecule has 174 valence electrons. The van der Waals surface area contributed by atoms with Crippen LogP contribution in [-0.4, -0.2) is 43.2 Å². The van der Waals surface area contributed by atoms with Crippen molar-refractivity contribution in [2.75, 3.05) is 31.8 Å². The summed E-state index contributed by atoms with van der Waals surface area (Å²) in [5, 5.41) is 2.95. The topological polar surface area (TPSA) is 67.9 Å². The Bertz CT molecular complexity index is 1240. The molecule has 5 rings (SSSR count). The van der Waals surface area contributed by atoms with Crippen LogP contribution < -0.4 is 14.8 Å². The Labute approximate surface area is 203 Å². The minimum Gasteiger partial charge on any atom is -0.493 e. The van der Waals surface area contributed by atoms with E-state index in [1.54, 1.807) is 32.0 Å². The van der Waals surface area contributed by atoms with E-state index in [2.05, 4.69) is 5.32 Å². The van der Waals surface area contributed by atoms with Crippen molar-refractivity contribution in [3.05, 3.63) is 82.9 Å². The third-order valence-electron chi connectivity index (χ3n) is 6.34.